The topological polar surface area (TPSA) is 96.4 Å². The second-order valence-electron chi connectivity index (χ2n) is 9.80. The molecule has 2 aliphatic rings. The van der Waals surface area contributed by atoms with Gasteiger partial charge in [-0.05, 0) is 38.7 Å². The van der Waals surface area contributed by atoms with Crippen LogP contribution in [0.15, 0.2) is 52.1 Å². The molecule has 0 amide bonds. The van der Waals surface area contributed by atoms with Crippen molar-refractivity contribution >= 4 is 29.1 Å². The minimum absolute atomic E-state index is 0.0480. The standard InChI is InChI=1S/C26H30F3N5O4S/c1-25(16-5-7-17(27)8-6-16)20(24(36)37-4)18(31-21(32-25)22-30-9-12-39-22)14-34-15-26(28,29)13-19(34)23(35)38-11-10-33(2)3/h5-9,12,19H,10-11,13-15H2,1-4H3,(H,31,32). The molecule has 0 bridgehead atoms. The van der Waals surface area contributed by atoms with Crippen LogP contribution in [0, 0.1) is 5.82 Å². The highest BCUT2D eigenvalue weighted by Gasteiger charge is 2.50. The van der Waals surface area contributed by atoms with Gasteiger partial charge in [0.05, 0.1) is 19.2 Å². The average Bonchev–Trinajstić information content (AvgIpc) is 3.51. The minimum Gasteiger partial charge on any atom is -0.466 e. The number of carbonyl (C=O) groups is 2. The summed E-state index contributed by atoms with van der Waals surface area (Å²) in [5.41, 5.74) is -0.639. The van der Waals surface area contributed by atoms with Crippen molar-refractivity contribution in [2.75, 3.05) is 47.4 Å². The second-order valence-corrected chi connectivity index (χ2v) is 10.7. The van der Waals surface area contributed by atoms with E-state index < -0.39 is 48.2 Å². The van der Waals surface area contributed by atoms with Crippen molar-refractivity contribution < 1.29 is 32.2 Å². The van der Waals surface area contributed by atoms with Crippen molar-refractivity contribution in [2.24, 2.45) is 4.99 Å². The van der Waals surface area contributed by atoms with Crippen LogP contribution in [0.2, 0.25) is 0 Å². The quantitative estimate of drug-likeness (QED) is 0.464. The molecule has 1 N–H and O–H groups in total. The Labute approximate surface area is 228 Å². The number of nitrogens with one attached hydrogen (secondary N) is 1. The van der Waals surface area contributed by atoms with E-state index in [0.29, 0.717) is 23.0 Å². The number of alkyl halides is 2. The molecule has 0 saturated carbocycles. The number of aliphatic imine (C=N–C) groups is 1. The third-order valence-corrected chi connectivity index (χ3v) is 7.39. The molecule has 0 spiro atoms. The molecule has 9 nitrogen and oxygen atoms in total. The first kappa shape index (κ1) is 28.7. The predicted molar refractivity (Wildman–Crippen MR) is 139 cm³/mol. The van der Waals surface area contributed by atoms with Gasteiger partial charge in [-0.15, -0.1) is 11.3 Å². The van der Waals surface area contributed by atoms with Gasteiger partial charge in [-0.25, -0.2) is 27.9 Å². The SMILES string of the molecule is COC(=O)C1=C(CN2CC(F)(F)CC2C(=O)OCCN(C)C)NC(c2nccs2)=NC1(C)c1ccc(F)cc1. The first-order valence-corrected chi connectivity index (χ1v) is 13.1. The minimum atomic E-state index is -3.14. The van der Waals surface area contributed by atoms with Crippen molar-refractivity contribution in [3.63, 3.8) is 0 Å². The summed E-state index contributed by atoms with van der Waals surface area (Å²) in [6.07, 6.45) is 0.872. The van der Waals surface area contributed by atoms with E-state index in [1.807, 2.05) is 4.90 Å². The lowest BCUT2D eigenvalue weighted by atomic mass is 9.82. The predicted octanol–water partition coefficient (Wildman–Crippen LogP) is 2.79. The van der Waals surface area contributed by atoms with E-state index in [-0.39, 0.29) is 24.4 Å². The Morgan fingerprint density at radius 1 is 1.26 bits per heavy atom. The summed E-state index contributed by atoms with van der Waals surface area (Å²) >= 11 is 1.29. The summed E-state index contributed by atoms with van der Waals surface area (Å²) in [7, 11) is 4.81. The van der Waals surface area contributed by atoms with Gasteiger partial charge in [0.1, 0.15) is 24.0 Å². The summed E-state index contributed by atoms with van der Waals surface area (Å²) in [6, 6.07) is 4.26. The van der Waals surface area contributed by atoms with E-state index in [2.05, 4.69) is 10.3 Å². The number of ether oxygens (including phenoxy) is 2. The third-order valence-electron chi connectivity index (χ3n) is 6.61. The number of methoxy groups -OCH3 is 1. The Hall–Kier alpha value is -3.29. The molecule has 0 aliphatic carbocycles. The van der Waals surface area contributed by atoms with E-state index in [4.69, 9.17) is 14.5 Å². The molecule has 2 aromatic rings. The molecular weight excluding hydrogens is 535 g/mol. The van der Waals surface area contributed by atoms with Crippen LogP contribution in [-0.2, 0) is 24.6 Å². The monoisotopic (exact) mass is 565 g/mol. The first-order valence-electron chi connectivity index (χ1n) is 12.2. The number of likely N-dealkylation sites (N-methyl/N-ethyl adjacent to an activating group) is 1. The van der Waals surface area contributed by atoms with Crippen LogP contribution in [0.5, 0.6) is 0 Å². The Morgan fingerprint density at radius 3 is 2.59 bits per heavy atom. The van der Waals surface area contributed by atoms with Crippen LogP contribution >= 0.6 is 11.3 Å². The molecule has 0 radical (unpaired) electrons. The Kier molecular flexibility index (Phi) is 8.42. The van der Waals surface area contributed by atoms with E-state index in [1.165, 1.54) is 47.6 Å². The summed E-state index contributed by atoms with van der Waals surface area (Å²) in [4.78, 5) is 38.2. The van der Waals surface area contributed by atoms with Crippen molar-refractivity contribution in [3.05, 3.63) is 63.5 Å². The van der Waals surface area contributed by atoms with Crippen molar-refractivity contribution in [2.45, 2.75) is 30.8 Å². The highest BCUT2D eigenvalue weighted by Crippen LogP contribution is 2.40. The fourth-order valence-corrected chi connectivity index (χ4v) is 5.27. The number of benzene rings is 1. The molecule has 2 aliphatic heterocycles. The zero-order valence-electron chi connectivity index (χ0n) is 22.0. The highest BCUT2D eigenvalue weighted by atomic mass is 32.1. The summed E-state index contributed by atoms with van der Waals surface area (Å²) in [5.74, 6) is -4.82. The molecule has 4 rings (SSSR count). The van der Waals surface area contributed by atoms with Gasteiger partial charge in [0, 0.05) is 36.8 Å². The van der Waals surface area contributed by atoms with Crippen LogP contribution in [0.4, 0.5) is 13.2 Å². The lowest BCUT2D eigenvalue weighted by molar-refractivity contribution is -0.149. The van der Waals surface area contributed by atoms with E-state index in [1.54, 1.807) is 32.6 Å². The number of nitrogens with zero attached hydrogens (tertiary/aromatic N) is 4. The Bertz CT molecular complexity index is 1270. The average molecular weight is 566 g/mol. The lowest BCUT2D eigenvalue weighted by Crippen LogP contribution is -2.47. The van der Waals surface area contributed by atoms with E-state index in [0.717, 1.165) is 0 Å². The number of carbonyl (C=O) groups excluding carboxylic acids is 2. The molecule has 1 aromatic heterocycles. The Morgan fingerprint density at radius 2 is 1.97 bits per heavy atom. The summed E-state index contributed by atoms with van der Waals surface area (Å²) in [6.45, 7) is 1.22. The second kappa shape index (κ2) is 11.4. The normalized spacial score (nSPS) is 23.0. The van der Waals surface area contributed by atoms with Crippen LogP contribution in [0.1, 0.15) is 23.9 Å². The first-order chi connectivity index (χ1) is 18.4. The number of thiazole rings is 1. The van der Waals surface area contributed by atoms with Crippen molar-refractivity contribution in [1.29, 1.82) is 0 Å². The molecule has 2 atom stereocenters. The fraction of sp³-hybridized carbons (Fsp3) is 0.462. The maximum atomic E-state index is 14.6. The molecule has 210 valence electrons. The number of amidine groups is 1. The maximum absolute atomic E-state index is 14.6. The summed E-state index contributed by atoms with van der Waals surface area (Å²) < 4.78 is 53.4. The van der Waals surface area contributed by atoms with Gasteiger partial charge >= 0.3 is 11.9 Å². The third kappa shape index (κ3) is 6.31. The molecule has 1 aromatic carbocycles. The zero-order valence-corrected chi connectivity index (χ0v) is 22.9. The smallest absolute Gasteiger partial charge is 0.338 e. The van der Waals surface area contributed by atoms with Gasteiger partial charge in [-0.2, -0.15) is 0 Å². The van der Waals surface area contributed by atoms with E-state index >= 15 is 0 Å². The number of halogens is 3. The van der Waals surface area contributed by atoms with Crippen LogP contribution in [0.3, 0.4) is 0 Å². The number of likely N-dealkylation sites (tertiary alicyclic amines) is 1. The van der Waals surface area contributed by atoms with Crippen molar-refractivity contribution in [3.8, 4) is 0 Å². The number of hydrogen-bond acceptors (Lipinski definition) is 10. The molecule has 1 fully saturated rings. The van der Waals surface area contributed by atoms with Gasteiger partial charge in [0.15, 0.2) is 10.8 Å². The number of esters is 2. The molecule has 13 heteroatoms. The van der Waals surface area contributed by atoms with Crippen LogP contribution in [-0.4, -0.2) is 92.0 Å². The summed E-state index contributed by atoms with van der Waals surface area (Å²) in [5, 5.41) is 5.33. The molecular formula is C26H30F3N5O4S. The molecule has 2 unspecified atom stereocenters. The molecule has 1 saturated heterocycles. The highest BCUT2D eigenvalue weighted by molar-refractivity contribution is 7.11. The largest absolute Gasteiger partial charge is 0.466 e. The number of rotatable bonds is 9. The van der Waals surface area contributed by atoms with Crippen LogP contribution < -0.4 is 5.32 Å². The molecule has 39 heavy (non-hydrogen) atoms. The fourth-order valence-electron chi connectivity index (χ4n) is 4.68. The van der Waals surface area contributed by atoms with Crippen molar-refractivity contribution in [1.82, 2.24) is 20.1 Å². The number of hydrogen-bond donors (Lipinski definition) is 1. The lowest BCUT2D eigenvalue weighted by Gasteiger charge is -2.36. The van der Waals surface area contributed by atoms with Gasteiger partial charge in [-0.3, -0.25) is 9.69 Å². The van der Waals surface area contributed by atoms with Gasteiger partial charge in [-0.1, -0.05) is 12.1 Å². The van der Waals surface area contributed by atoms with Crippen LogP contribution in [0.25, 0.3) is 0 Å². The number of aromatic nitrogens is 1. The van der Waals surface area contributed by atoms with E-state index in [9.17, 15) is 22.8 Å². The van der Waals surface area contributed by atoms with Gasteiger partial charge in [0.25, 0.3) is 5.92 Å². The zero-order chi connectivity index (χ0) is 28.4. The molecule has 3 heterocycles. The van der Waals surface area contributed by atoms with Gasteiger partial charge < -0.3 is 19.7 Å². The van der Waals surface area contributed by atoms with Gasteiger partial charge in [0.2, 0.25) is 0 Å². The Balaban J connectivity index is 1.76. The maximum Gasteiger partial charge on any atom is 0.338 e.